The molecule has 5 heteroatoms. The highest BCUT2D eigenvalue weighted by Crippen LogP contribution is 2.43. The highest BCUT2D eigenvalue weighted by atomic mass is 19.1. The summed E-state index contributed by atoms with van der Waals surface area (Å²) in [5.41, 5.74) is 5.68. The molecule has 0 fully saturated rings. The van der Waals surface area contributed by atoms with E-state index in [2.05, 4.69) is 25.8 Å². The van der Waals surface area contributed by atoms with E-state index in [1.54, 1.807) is 24.3 Å². The van der Waals surface area contributed by atoms with Crippen LogP contribution in [-0.4, -0.2) is 15.1 Å². The summed E-state index contributed by atoms with van der Waals surface area (Å²) in [5, 5.41) is 11.4. The topological polar surface area (TPSA) is 48.9 Å². The van der Waals surface area contributed by atoms with Gasteiger partial charge in [-0.3, -0.25) is 0 Å². The van der Waals surface area contributed by atoms with Crippen molar-refractivity contribution in [1.82, 2.24) is 9.97 Å². The maximum absolute atomic E-state index is 13.7. The Morgan fingerprint density at radius 2 is 1.25 bits per heavy atom. The molecular formula is C31H26F2N2O. The van der Waals surface area contributed by atoms with Crippen molar-refractivity contribution in [3.63, 3.8) is 0 Å². The van der Waals surface area contributed by atoms with Crippen LogP contribution in [0.15, 0.2) is 91.0 Å². The number of hydrogen-bond donors (Lipinski definition) is 2. The minimum absolute atomic E-state index is 0.110. The van der Waals surface area contributed by atoms with Crippen LogP contribution >= 0.6 is 0 Å². The van der Waals surface area contributed by atoms with Crippen LogP contribution in [0.1, 0.15) is 26.3 Å². The molecule has 180 valence electrons. The Labute approximate surface area is 209 Å². The molecule has 0 atom stereocenters. The molecule has 4 aromatic carbocycles. The quantitative estimate of drug-likeness (QED) is 0.271. The number of aromatic amines is 1. The number of aromatic nitrogens is 2. The highest BCUT2D eigenvalue weighted by molar-refractivity contribution is 5.85. The summed E-state index contributed by atoms with van der Waals surface area (Å²) in [4.78, 5) is 8.22. The standard InChI is InChI=1S/C31H26F2N2O/c1-31(2,3)22-17-25(19-7-5-4-6-8-19)29(36)26(18-22)30-34-27(20-9-13-23(32)14-10-20)28(35-30)21-11-15-24(33)16-12-21/h4-18,36H,1-3H3,(H,34,35). The lowest BCUT2D eigenvalue weighted by Gasteiger charge is -2.22. The van der Waals surface area contributed by atoms with E-state index in [4.69, 9.17) is 4.98 Å². The van der Waals surface area contributed by atoms with Gasteiger partial charge in [0.05, 0.1) is 17.0 Å². The lowest BCUT2D eigenvalue weighted by Crippen LogP contribution is -2.11. The molecule has 0 spiro atoms. The largest absolute Gasteiger partial charge is 0.507 e. The first-order chi connectivity index (χ1) is 17.2. The third-order valence-electron chi connectivity index (χ3n) is 6.27. The first-order valence-electron chi connectivity index (χ1n) is 11.8. The van der Waals surface area contributed by atoms with E-state index in [1.807, 2.05) is 42.5 Å². The van der Waals surface area contributed by atoms with Crippen molar-refractivity contribution in [2.24, 2.45) is 0 Å². The number of aromatic hydroxyl groups is 1. The van der Waals surface area contributed by atoms with Gasteiger partial charge in [-0.05, 0) is 77.2 Å². The Morgan fingerprint density at radius 1 is 0.694 bits per heavy atom. The number of phenolic OH excluding ortho intramolecular Hbond substituents is 1. The average Bonchev–Trinajstić information content (AvgIpc) is 3.30. The van der Waals surface area contributed by atoms with Gasteiger partial charge in [0.1, 0.15) is 23.2 Å². The van der Waals surface area contributed by atoms with Crippen molar-refractivity contribution in [1.29, 1.82) is 0 Å². The van der Waals surface area contributed by atoms with Crippen LogP contribution in [0, 0.1) is 11.6 Å². The molecule has 0 aliphatic heterocycles. The molecule has 1 aromatic heterocycles. The number of hydrogen-bond acceptors (Lipinski definition) is 2. The maximum Gasteiger partial charge on any atom is 0.142 e. The molecule has 0 saturated carbocycles. The molecule has 0 bridgehead atoms. The zero-order valence-electron chi connectivity index (χ0n) is 20.3. The molecule has 0 aliphatic rings. The predicted molar refractivity (Wildman–Crippen MR) is 141 cm³/mol. The highest BCUT2D eigenvalue weighted by Gasteiger charge is 2.23. The minimum atomic E-state index is -0.346. The molecule has 3 nitrogen and oxygen atoms in total. The van der Waals surface area contributed by atoms with Crippen LogP contribution < -0.4 is 0 Å². The van der Waals surface area contributed by atoms with Crippen LogP contribution in [0.3, 0.4) is 0 Å². The Hall–Kier alpha value is -4.25. The Kier molecular flexibility index (Phi) is 5.92. The van der Waals surface area contributed by atoms with Crippen molar-refractivity contribution >= 4 is 0 Å². The summed E-state index contributed by atoms with van der Waals surface area (Å²) in [6.45, 7) is 6.36. The molecule has 5 aromatic rings. The summed E-state index contributed by atoms with van der Waals surface area (Å²) >= 11 is 0. The molecular weight excluding hydrogens is 454 g/mol. The van der Waals surface area contributed by atoms with Gasteiger partial charge in [-0.25, -0.2) is 13.8 Å². The van der Waals surface area contributed by atoms with Crippen molar-refractivity contribution in [3.05, 3.63) is 108 Å². The van der Waals surface area contributed by atoms with E-state index in [0.29, 0.717) is 33.9 Å². The van der Waals surface area contributed by atoms with Crippen LogP contribution in [0.25, 0.3) is 45.0 Å². The van der Waals surface area contributed by atoms with Gasteiger partial charge in [0.15, 0.2) is 0 Å². The summed E-state index contributed by atoms with van der Waals surface area (Å²) in [7, 11) is 0. The third kappa shape index (κ3) is 4.52. The predicted octanol–water partition coefficient (Wildman–Crippen LogP) is 8.36. The average molecular weight is 481 g/mol. The number of nitrogens with zero attached hydrogens (tertiary/aromatic N) is 1. The first-order valence-corrected chi connectivity index (χ1v) is 11.8. The number of nitrogens with one attached hydrogen (secondary N) is 1. The van der Waals surface area contributed by atoms with Crippen LogP contribution in [0.5, 0.6) is 5.75 Å². The van der Waals surface area contributed by atoms with Crippen LogP contribution in [0.2, 0.25) is 0 Å². The molecule has 0 radical (unpaired) electrons. The molecule has 36 heavy (non-hydrogen) atoms. The number of phenols is 1. The zero-order valence-corrected chi connectivity index (χ0v) is 20.3. The summed E-state index contributed by atoms with van der Waals surface area (Å²) in [6.07, 6.45) is 0. The fourth-order valence-corrected chi connectivity index (χ4v) is 4.23. The van der Waals surface area contributed by atoms with E-state index >= 15 is 0 Å². The van der Waals surface area contributed by atoms with Gasteiger partial charge in [-0.15, -0.1) is 0 Å². The second-order valence-corrected chi connectivity index (χ2v) is 9.86. The van der Waals surface area contributed by atoms with Crippen molar-refractivity contribution < 1.29 is 13.9 Å². The van der Waals surface area contributed by atoms with E-state index in [0.717, 1.165) is 16.7 Å². The van der Waals surface area contributed by atoms with Gasteiger partial charge in [0, 0.05) is 16.7 Å². The van der Waals surface area contributed by atoms with Gasteiger partial charge in [-0.2, -0.15) is 0 Å². The van der Waals surface area contributed by atoms with Gasteiger partial charge < -0.3 is 10.1 Å². The van der Waals surface area contributed by atoms with Crippen molar-refractivity contribution in [3.8, 4) is 50.8 Å². The Morgan fingerprint density at radius 3 is 1.83 bits per heavy atom. The number of imidazole rings is 1. The number of rotatable bonds is 4. The fraction of sp³-hybridized carbons (Fsp3) is 0.129. The summed E-state index contributed by atoms with van der Waals surface area (Å²) in [6, 6.07) is 25.9. The van der Waals surface area contributed by atoms with E-state index < -0.39 is 0 Å². The molecule has 0 saturated heterocycles. The SMILES string of the molecule is CC(C)(C)c1cc(-c2ccccc2)c(O)c(-c2nc(-c3ccc(F)cc3)c(-c3ccc(F)cc3)[nH]2)c1. The number of halogens is 2. The first kappa shape index (κ1) is 23.5. The van der Waals surface area contributed by atoms with Crippen molar-refractivity contribution in [2.75, 3.05) is 0 Å². The van der Waals surface area contributed by atoms with Gasteiger partial charge >= 0.3 is 0 Å². The smallest absolute Gasteiger partial charge is 0.142 e. The number of benzene rings is 4. The normalized spacial score (nSPS) is 11.6. The summed E-state index contributed by atoms with van der Waals surface area (Å²) < 4.78 is 27.3. The maximum atomic E-state index is 13.7. The van der Waals surface area contributed by atoms with Gasteiger partial charge in [0.25, 0.3) is 0 Å². The molecule has 2 N–H and O–H groups in total. The summed E-state index contributed by atoms with van der Waals surface area (Å²) in [5.74, 6) is -0.112. The minimum Gasteiger partial charge on any atom is -0.507 e. The second kappa shape index (κ2) is 9.08. The Balaban J connectivity index is 1.76. The lowest BCUT2D eigenvalue weighted by molar-refractivity contribution is 0.478. The van der Waals surface area contributed by atoms with Gasteiger partial charge in [0.2, 0.25) is 0 Å². The third-order valence-corrected chi connectivity index (χ3v) is 6.27. The number of H-pyrrole nitrogens is 1. The van der Waals surface area contributed by atoms with Crippen LogP contribution in [-0.2, 0) is 5.41 Å². The van der Waals surface area contributed by atoms with Crippen molar-refractivity contribution in [2.45, 2.75) is 26.2 Å². The monoisotopic (exact) mass is 480 g/mol. The van der Waals surface area contributed by atoms with E-state index in [1.165, 1.54) is 24.3 Å². The molecule has 5 rings (SSSR count). The molecule has 0 aliphatic carbocycles. The zero-order chi connectivity index (χ0) is 25.4. The lowest BCUT2D eigenvalue weighted by atomic mass is 9.83. The van der Waals surface area contributed by atoms with Gasteiger partial charge in [-0.1, -0.05) is 51.1 Å². The second-order valence-electron chi connectivity index (χ2n) is 9.86. The van der Waals surface area contributed by atoms with Crippen LogP contribution in [0.4, 0.5) is 8.78 Å². The Bertz CT molecular complexity index is 1450. The fourth-order valence-electron chi connectivity index (χ4n) is 4.23. The van der Waals surface area contributed by atoms with E-state index in [9.17, 15) is 13.9 Å². The molecule has 1 heterocycles. The molecule has 0 amide bonds. The van der Waals surface area contributed by atoms with E-state index in [-0.39, 0.29) is 22.8 Å². The molecule has 0 unspecified atom stereocenters.